The fourth-order valence-corrected chi connectivity index (χ4v) is 3.58. The molecule has 2 rings (SSSR count). The van der Waals surface area contributed by atoms with Crippen molar-refractivity contribution in [3.63, 3.8) is 0 Å². The lowest BCUT2D eigenvalue weighted by Gasteiger charge is -2.33. The summed E-state index contributed by atoms with van der Waals surface area (Å²) >= 11 is 6.01. The average molecular weight is 345 g/mol. The molecule has 23 heavy (non-hydrogen) atoms. The second-order valence-electron chi connectivity index (χ2n) is 6.52. The SMILES string of the molecule is CCCCCCCC/C=C/[C@H]1OCC2=C1[C@@H](O)[C@H](Cl)[C@@H](O)[C@@H]2O. The number of rotatable bonds is 8. The second kappa shape index (κ2) is 9.19. The molecule has 0 amide bonds. The van der Waals surface area contributed by atoms with Crippen molar-refractivity contribution in [1.29, 1.82) is 0 Å². The maximum atomic E-state index is 10.3. The number of hydrogen-bond acceptors (Lipinski definition) is 4. The van der Waals surface area contributed by atoms with E-state index in [0.717, 1.165) is 12.8 Å². The molecule has 0 aromatic carbocycles. The van der Waals surface area contributed by atoms with Gasteiger partial charge in [0.15, 0.2) is 0 Å². The molecule has 0 radical (unpaired) electrons. The Morgan fingerprint density at radius 1 is 1.09 bits per heavy atom. The van der Waals surface area contributed by atoms with Crippen molar-refractivity contribution in [1.82, 2.24) is 0 Å². The zero-order chi connectivity index (χ0) is 16.8. The van der Waals surface area contributed by atoms with Gasteiger partial charge in [0, 0.05) is 0 Å². The fourth-order valence-electron chi connectivity index (χ4n) is 3.31. The highest BCUT2D eigenvalue weighted by atomic mass is 35.5. The number of aliphatic hydroxyl groups excluding tert-OH is 3. The second-order valence-corrected chi connectivity index (χ2v) is 7.03. The lowest BCUT2D eigenvalue weighted by Crippen LogP contribution is -2.48. The van der Waals surface area contributed by atoms with E-state index in [1.54, 1.807) is 0 Å². The summed E-state index contributed by atoms with van der Waals surface area (Å²) in [6, 6.07) is 0. The standard InChI is InChI=1S/C18H29ClO4/c1-2-3-4-5-6-7-8-9-10-13-14-12(11-23-13)16(20)18(22)15(19)17(14)21/h9-10,13,15-18,20-22H,2-8,11H2,1H3/b10-9+/t13-,15+,16-,17-,18-/m1/s1. The third-order valence-electron chi connectivity index (χ3n) is 4.76. The van der Waals surface area contributed by atoms with Gasteiger partial charge in [0.05, 0.1) is 18.1 Å². The summed E-state index contributed by atoms with van der Waals surface area (Å²) in [5.74, 6) is 0. The predicted octanol–water partition coefficient (Wildman–Crippen LogP) is 2.69. The smallest absolute Gasteiger partial charge is 0.105 e. The summed E-state index contributed by atoms with van der Waals surface area (Å²) in [4.78, 5) is 0. The monoisotopic (exact) mass is 344 g/mol. The van der Waals surface area contributed by atoms with Crippen LogP contribution in [0, 0.1) is 0 Å². The number of halogens is 1. The van der Waals surface area contributed by atoms with E-state index in [4.69, 9.17) is 16.3 Å². The summed E-state index contributed by atoms with van der Waals surface area (Å²) in [6.07, 6.45) is 9.04. The Bertz CT molecular complexity index is 435. The van der Waals surface area contributed by atoms with Gasteiger partial charge in [-0.3, -0.25) is 0 Å². The molecule has 0 fully saturated rings. The molecule has 0 aromatic heterocycles. The number of hydrogen-bond donors (Lipinski definition) is 3. The van der Waals surface area contributed by atoms with Crippen LogP contribution in [0.5, 0.6) is 0 Å². The highest BCUT2D eigenvalue weighted by Crippen LogP contribution is 2.37. The van der Waals surface area contributed by atoms with Gasteiger partial charge in [-0.25, -0.2) is 0 Å². The van der Waals surface area contributed by atoms with Crippen molar-refractivity contribution in [3.8, 4) is 0 Å². The summed E-state index contributed by atoms with van der Waals surface area (Å²) < 4.78 is 5.65. The zero-order valence-corrected chi connectivity index (χ0v) is 14.6. The third-order valence-corrected chi connectivity index (χ3v) is 5.25. The first-order valence-corrected chi connectivity index (χ1v) is 9.21. The number of allylic oxidation sites excluding steroid dienone is 1. The van der Waals surface area contributed by atoms with Crippen LogP contribution in [0.25, 0.3) is 0 Å². The number of aliphatic hydroxyl groups is 3. The molecule has 1 aliphatic heterocycles. The fraction of sp³-hybridized carbons (Fsp3) is 0.778. The Kier molecular flexibility index (Phi) is 7.57. The molecule has 2 aliphatic rings. The molecule has 132 valence electrons. The summed E-state index contributed by atoms with van der Waals surface area (Å²) in [5, 5.41) is 29.2. The summed E-state index contributed by atoms with van der Waals surface area (Å²) in [7, 11) is 0. The van der Waals surface area contributed by atoms with Gasteiger partial charge in [-0.15, -0.1) is 11.6 Å². The van der Waals surface area contributed by atoms with E-state index in [1.807, 2.05) is 6.08 Å². The topological polar surface area (TPSA) is 69.9 Å². The number of unbranched alkanes of at least 4 members (excludes halogenated alkanes) is 6. The highest BCUT2D eigenvalue weighted by molar-refractivity contribution is 6.21. The van der Waals surface area contributed by atoms with Crippen LogP contribution < -0.4 is 0 Å². The van der Waals surface area contributed by atoms with Gasteiger partial charge in [-0.05, 0) is 24.0 Å². The Morgan fingerprint density at radius 2 is 1.78 bits per heavy atom. The molecular weight excluding hydrogens is 316 g/mol. The van der Waals surface area contributed by atoms with Gasteiger partial charge >= 0.3 is 0 Å². The third kappa shape index (κ3) is 4.58. The van der Waals surface area contributed by atoms with E-state index in [0.29, 0.717) is 11.1 Å². The van der Waals surface area contributed by atoms with Crippen LogP contribution in [0.4, 0.5) is 0 Å². The lowest BCUT2D eigenvalue weighted by atomic mass is 9.84. The highest BCUT2D eigenvalue weighted by Gasteiger charge is 2.46. The Balaban J connectivity index is 1.83. The van der Waals surface area contributed by atoms with Crippen molar-refractivity contribution in [3.05, 3.63) is 23.3 Å². The minimum absolute atomic E-state index is 0.236. The van der Waals surface area contributed by atoms with E-state index >= 15 is 0 Å². The maximum Gasteiger partial charge on any atom is 0.105 e. The van der Waals surface area contributed by atoms with Crippen molar-refractivity contribution >= 4 is 11.6 Å². The first-order chi connectivity index (χ1) is 11.1. The first kappa shape index (κ1) is 18.9. The predicted molar refractivity (Wildman–Crippen MR) is 91.6 cm³/mol. The molecule has 1 aliphatic carbocycles. The van der Waals surface area contributed by atoms with Crippen LogP contribution >= 0.6 is 11.6 Å². The molecule has 1 heterocycles. The number of alkyl halides is 1. The van der Waals surface area contributed by atoms with E-state index < -0.39 is 23.7 Å². The van der Waals surface area contributed by atoms with E-state index in [-0.39, 0.29) is 12.7 Å². The van der Waals surface area contributed by atoms with Crippen LogP contribution in [0.3, 0.4) is 0 Å². The van der Waals surface area contributed by atoms with Crippen molar-refractivity contribution < 1.29 is 20.1 Å². The molecule has 0 bridgehead atoms. The molecule has 0 saturated heterocycles. The first-order valence-electron chi connectivity index (χ1n) is 8.77. The van der Waals surface area contributed by atoms with Gasteiger partial charge in [0.2, 0.25) is 0 Å². The molecule has 0 spiro atoms. The largest absolute Gasteiger partial charge is 0.388 e. The van der Waals surface area contributed by atoms with Gasteiger partial charge in [-0.1, -0.05) is 51.2 Å². The van der Waals surface area contributed by atoms with Crippen LogP contribution in [0.15, 0.2) is 23.3 Å². The van der Waals surface area contributed by atoms with Crippen molar-refractivity contribution in [2.75, 3.05) is 6.61 Å². The van der Waals surface area contributed by atoms with Crippen molar-refractivity contribution in [2.45, 2.75) is 81.7 Å². The van der Waals surface area contributed by atoms with E-state index in [2.05, 4.69) is 13.0 Å². The minimum Gasteiger partial charge on any atom is -0.388 e. The zero-order valence-electron chi connectivity index (χ0n) is 13.8. The lowest BCUT2D eigenvalue weighted by molar-refractivity contribution is 0.00335. The van der Waals surface area contributed by atoms with E-state index in [1.165, 1.54) is 32.1 Å². The Morgan fingerprint density at radius 3 is 2.52 bits per heavy atom. The maximum absolute atomic E-state index is 10.3. The van der Waals surface area contributed by atoms with Gasteiger partial charge in [0.1, 0.15) is 18.3 Å². The Hall–Kier alpha value is -0.390. The molecule has 4 nitrogen and oxygen atoms in total. The quantitative estimate of drug-likeness (QED) is 0.360. The molecule has 5 heteroatoms. The molecule has 5 atom stereocenters. The van der Waals surface area contributed by atoms with Crippen LogP contribution in [-0.4, -0.2) is 51.7 Å². The van der Waals surface area contributed by atoms with E-state index in [9.17, 15) is 15.3 Å². The molecule has 0 saturated carbocycles. The molecule has 0 unspecified atom stereocenters. The van der Waals surface area contributed by atoms with Gasteiger partial charge in [0.25, 0.3) is 0 Å². The summed E-state index contributed by atoms with van der Waals surface area (Å²) in [6.45, 7) is 2.45. The van der Waals surface area contributed by atoms with Gasteiger partial charge < -0.3 is 20.1 Å². The van der Waals surface area contributed by atoms with Gasteiger partial charge in [-0.2, -0.15) is 0 Å². The van der Waals surface area contributed by atoms with Crippen LogP contribution in [0.2, 0.25) is 0 Å². The Labute approximate surface area is 143 Å². The molecular formula is C18H29ClO4. The summed E-state index contributed by atoms with van der Waals surface area (Å²) in [5.41, 5.74) is 1.21. The van der Waals surface area contributed by atoms with Crippen LogP contribution in [-0.2, 0) is 4.74 Å². The normalized spacial score (nSPS) is 34.4. The van der Waals surface area contributed by atoms with Crippen molar-refractivity contribution in [2.24, 2.45) is 0 Å². The average Bonchev–Trinajstić information content (AvgIpc) is 2.97. The molecule has 0 aromatic rings. The minimum atomic E-state index is -1.15. The molecule has 3 N–H and O–H groups in total. The van der Waals surface area contributed by atoms with Crippen LogP contribution in [0.1, 0.15) is 51.9 Å². The number of ether oxygens (including phenoxy) is 1.